The molecule has 2 aromatic rings. The van der Waals surface area contributed by atoms with Crippen LogP contribution in [0.1, 0.15) is 38.3 Å². The van der Waals surface area contributed by atoms with Crippen molar-refractivity contribution in [3.05, 3.63) is 66.8 Å². The third-order valence-electron chi connectivity index (χ3n) is 4.23. The molecule has 0 spiro atoms. The van der Waals surface area contributed by atoms with E-state index >= 15 is 0 Å². The minimum absolute atomic E-state index is 0. The summed E-state index contributed by atoms with van der Waals surface area (Å²) >= 11 is 0. The molecule has 2 rings (SSSR count). The van der Waals surface area contributed by atoms with Crippen LogP contribution in [0.5, 0.6) is 11.5 Å². The molecule has 2 aromatic carbocycles. The summed E-state index contributed by atoms with van der Waals surface area (Å²) in [7, 11) is 3.42. The molecule has 0 aliphatic heterocycles. The second-order valence-corrected chi connectivity index (χ2v) is 6.19. The van der Waals surface area contributed by atoms with Gasteiger partial charge in [0.1, 0.15) is 12.4 Å². The summed E-state index contributed by atoms with van der Waals surface area (Å²) in [5.74, 6) is 1.53. The number of aliphatic hydroxyl groups excluding tert-OH is 1. The van der Waals surface area contributed by atoms with Crippen LogP contribution in [0.15, 0.2) is 48.5 Å². The minimum atomic E-state index is -0.417. The molecular formula is C20H25O3Y+2. The van der Waals surface area contributed by atoms with E-state index in [0.717, 1.165) is 11.5 Å². The number of aliphatic hydroxyl groups is 1. The Morgan fingerprint density at radius 1 is 0.958 bits per heavy atom. The monoisotopic (exact) mass is 402 g/mol. The first-order chi connectivity index (χ1) is 11.0. The van der Waals surface area contributed by atoms with Gasteiger partial charge in [-0.2, -0.15) is 7.11 Å². The summed E-state index contributed by atoms with van der Waals surface area (Å²) in [4.78, 5) is 0. The molecule has 0 aliphatic rings. The van der Waals surface area contributed by atoms with Crippen LogP contribution < -0.4 is 9.47 Å². The van der Waals surface area contributed by atoms with Crippen LogP contribution in [-0.4, -0.2) is 17.8 Å². The second-order valence-electron chi connectivity index (χ2n) is 6.19. The normalized spacial score (nSPS) is 12.2. The molecule has 0 fully saturated rings. The van der Waals surface area contributed by atoms with E-state index in [9.17, 15) is 5.11 Å². The molecule has 0 heterocycles. The first kappa shape index (κ1) is 21.1. The van der Waals surface area contributed by atoms with E-state index in [4.69, 9.17) is 9.47 Å². The van der Waals surface area contributed by atoms with Gasteiger partial charge in [-0.15, -0.1) is 0 Å². The molecule has 0 bridgehead atoms. The zero-order chi connectivity index (χ0) is 16.9. The molecule has 1 unspecified atom stereocenters. The van der Waals surface area contributed by atoms with Crippen LogP contribution in [0.25, 0.3) is 0 Å². The van der Waals surface area contributed by atoms with Crippen LogP contribution in [0.2, 0.25) is 0 Å². The molecule has 3 nitrogen and oxygen atoms in total. The zero-order valence-corrected chi connectivity index (χ0v) is 17.5. The molecule has 24 heavy (non-hydrogen) atoms. The molecule has 4 heteroatoms. The fourth-order valence-corrected chi connectivity index (χ4v) is 2.41. The van der Waals surface area contributed by atoms with Gasteiger partial charge in [-0.05, 0) is 41.8 Å². The second kappa shape index (κ2) is 9.55. The van der Waals surface area contributed by atoms with Gasteiger partial charge in [-0.1, -0.05) is 45.0 Å². The van der Waals surface area contributed by atoms with E-state index < -0.39 is 6.10 Å². The average molecular weight is 402 g/mol. The molecule has 0 aromatic heterocycles. The molecule has 1 atom stereocenters. The van der Waals surface area contributed by atoms with Gasteiger partial charge in [0.25, 0.3) is 0 Å². The van der Waals surface area contributed by atoms with Crippen LogP contribution in [0.4, 0.5) is 0 Å². The van der Waals surface area contributed by atoms with Crippen molar-refractivity contribution in [2.75, 3.05) is 6.61 Å². The van der Waals surface area contributed by atoms with E-state index in [0.29, 0.717) is 13.0 Å². The van der Waals surface area contributed by atoms with Gasteiger partial charge in [-0.3, -0.25) is 0 Å². The van der Waals surface area contributed by atoms with E-state index in [1.165, 1.54) is 11.1 Å². The summed E-state index contributed by atoms with van der Waals surface area (Å²) in [5.41, 5.74) is 2.28. The van der Waals surface area contributed by atoms with Crippen LogP contribution in [-0.2, 0) is 38.1 Å². The summed E-state index contributed by atoms with van der Waals surface area (Å²) in [6, 6.07) is 16.0. The third kappa shape index (κ3) is 5.30. The van der Waals surface area contributed by atoms with Gasteiger partial charge in [-0.25, -0.2) is 0 Å². The molecule has 0 saturated heterocycles. The summed E-state index contributed by atoms with van der Waals surface area (Å²) in [5, 5.41) is 9.55. The third-order valence-corrected chi connectivity index (χ3v) is 4.23. The molecule has 124 valence electrons. The fourth-order valence-electron chi connectivity index (χ4n) is 2.41. The van der Waals surface area contributed by atoms with E-state index in [-0.39, 0.29) is 38.1 Å². The first-order valence-corrected chi connectivity index (χ1v) is 7.91. The Morgan fingerprint density at radius 2 is 1.42 bits per heavy atom. The zero-order valence-electron chi connectivity index (χ0n) is 14.7. The number of ether oxygens (including phenoxy) is 2. The predicted octanol–water partition coefficient (Wildman–Crippen LogP) is 4.33. The SMILES string of the molecule is [CH2-]Oc1ccc(C(C)(C)c2ccc(OCC(O)CC)cc2)cc1.[Y+3]. The number of hydrogen-bond donors (Lipinski definition) is 1. The quantitative estimate of drug-likeness (QED) is 0.701. The number of rotatable bonds is 7. The predicted molar refractivity (Wildman–Crippen MR) is 92.8 cm³/mol. The van der Waals surface area contributed by atoms with Crippen LogP contribution in [0, 0.1) is 7.11 Å². The van der Waals surface area contributed by atoms with Gasteiger partial charge in [0.15, 0.2) is 0 Å². The fraction of sp³-hybridized carbons (Fsp3) is 0.350. The van der Waals surface area contributed by atoms with E-state index in [1.807, 2.05) is 31.2 Å². The average Bonchev–Trinajstić information content (AvgIpc) is 2.60. The summed E-state index contributed by atoms with van der Waals surface area (Å²) < 4.78 is 10.6. The largest absolute Gasteiger partial charge is 3.00 e. The van der Waals surface area contributed by atoms with E-state index in [2.05, 4.69) is 45.2 Å². The standard InChI is InChI=1S/C20H25O3.Y/c1-5-17(21)14-23-19-12-8-16(9-13-19)20(2,3)15-6-10-18(22-4)11-7-15;/h6-13,17,21H,4-5,14H2,1-3H3;/q-1;+3. The van der Waals surface area contributed by atoms with Crippen molar-refractivity contribution in [1.82, 2.24) is 0 Å². The maximum Gasteiger partial charge on any atom is 3.00 e. The van der Waals surface area contributed by atoms with Gasteiger partial charge >= 0.3 is 32.7 Å². The maximum atomic E-state index is 9.55. The van der Waals surface area contributed by atoms with Crippen molar-refractivity contribution in [3.63, 3.8) is 0 Å². The van der Waals surface area contributed by atoms with Gasteiger partial charge in [0.2, 0.25) is 0 Å². The molecule has 0 aliphatic carbocycles. The van der Waals surface area contributed by atoms with Crippen LogP contribution in [0.3, 0.4) is 0 Å². The van der Waals surface area contributed by atoms with Crippen LogP contribution >= 0.6 is 0 Å². The smallest absolute Gasteiger partial charge is 0.665 e. The molecule has 0 saturated carbocycles. The van der Waals surface area contributed by atoms with Gasteiger partial charge in [0.05, 0.1) is 11.9 Å². The Morgan fingerprint density at radius 3 is 1.83 bits per heavy atom. The molecule has 1 N–H and O–H groups in total. The van der Waals surface area contributed by atoms with Crippen molar-refractivity contribution in [2.24, 2.45) is 0 Å². The van der Waals surface area contributed by atoms with E-state index in [1.54, 1.807) is 0 Å². The minimum Gasteiger partial charge on any atom is -0.665 e. The summed E-state index contributed by atoms with van der Waals surface area (Å²) in [6.07, 6.45) is 0.276. The number of benzene rings is 2. The Labute approximate surface area is 170 Å². The van der Waals surface area contributed by atoms with Crippen molar-refractivity contribution >= 4 is 0 Å². The first-order valence-electron chi connectivity index (χ1n) is 7.91. The Balaban J connectivity index is 0.00000288. The Kier molecular flexibility index (Phi) is 8.42. The molecular weight excluding hydrogens is 377 g/mol. The Bertz CT molecular complexity index is 606. The summed E-state index contributed by atoms with van der Waals surface area (Å²) in [6.45, 7) is 6.63. The maximum absolute atomic E-state index is 9.55. The van der Waals surface area contributed by atoms with Crippen molar-refractivity contribution in [3.8, 4) is 11.5 Å². The van der Waals surface area contributed by atoms with Gasteiger partial charge in [0, 0.05) is 5.41 Å². The van der Waals surface area contributed by atoms with Gasteiger partial charge < -0.3 is 14.6 Å². The van der Waals surface area contributed by atoms with Crippen molar-refractivity contribution in [2.45, 2.75) is 38.7 Å². The topological polar surface area (TPSA) is 38.7 Å². The van der Waals surface area contributed by atoms with Crippen molar-refractivity contribution in [1.29, 1.82) is 0 Å². The number of hydrogen-bond acceptors (Lipinski definition) is 3. The Hall–Kier alpha value is -0.896. The molecule has 0 radical (unpaired) electrons. The molecule has 0 amide bonds. The van der Waals surface area contributed by atoms with Crippen molar-refractivity contribution < 1.29 is 47.3 Å².